The fourth-order valence-electron chi connectivity index (χ4n) is 0.979. The second-order valence-electron chi connectivity index (χ2n) is 2.88. The lowest BCUT2D eigenvalue weighted by Crippen LogP contribution is -2.44. The number of hydrogen-bond donors (Lipinski definition) is 1. The highest BCUT2D eigenvalue weighted by Crippen LogP contribution is 2.36. The molecule has 0 aliphatic heterocycles. The zero-order valence-corrected chi connectivity index (χ0v) is 7.70. The average molecular weight is 194 g/mol. The van der Waals surface area contributed by atoms with Crippen molar-refractivity contribution in [3.8, 4) is 11.8 Å². The molecule has 76 valence electrons. The molecule has 0 aliphatic carbocycles. The van der Waals surface area contributed by atoms with Crippen LogP contribution < -0.4 is 0 Å². The number of hydrogen-bond acceptors (Lipinski definition) is 1. The van der Waals surface area contributed by atoms with Gasteiger partial charge < -0.3 is 5.11 Å². The number of alkyl halides is 3. The zero-order valence-electron chi connectivity index (χ0n) is 7.70. The summed E-state index contributed by atoms with van der Waals surface area (Å²) in [5.74, 6) is 4.60. The van der Waals surface area contributed by atoms with Crippen LogP contribution in [-0.2, 0) is 0 Å². The maximum Gasteiger partial charge on any atom is 0.418 e. The third-order valence-electron chi connectivity index (χ3n) is 1.75. The maximum absolute atomic E-state index is 12.3. The topological polar surface area (TPSA) is 20.2 Å². The maximum atomic E-state index is 12.3. The minimum Gasteiger partial charge on any atom is -0.380 e. The van der Waals surface area contributed by atoms with Crippen LogP contribution in [0.25, 0.3) is 0 Å². The normalized spacial score (nSPS) is 15.8. The van der Waals surface area contributed by atoms with E-state index in [1.165, 1.54) is 6.92 Å². The second-order valence-corrected chi connectivity index (χ2v) is 2.88. The molecule has 0 aliphatic rings. The van der Waals surface area contributed by atoms with Crippen LogP contribution in [0.3, 0.4) is 0 Å². The Labute approximate surface area is 75.9 Å². The Kier molecular flexibility index (Phi) is 4.28. The van der Waals surface area contributed by atoms with Crippen LogP contribution in [0.4, 0.5) is 13.2 Å². The van der Waals surface area contributed by atoms with Gasteiger partial charge in [-0.3, -0.25) is 0 Å². The predicted octanol–water partition coefficient (Wildman–Crippen LogP) is 2.49. The summed E-state index contributed by atoms with van der Waals surface area (Å²) in [6, 6.07) is 0. The SMILES string of the molecule is CC#CCC(O)(CCC)C(F)(F)F. The molecule has 1 unspecified atom stereocenters. The molecule has 0 bridgehead atoms. The summed E-state index contributed by atoms with van der Waals surface area (Å²) in [5, 5.41) is 9.25. The molecule has 1 nitrogen and oxygen atoms in total. The van der Waals surface area contributed by atoms with Crippen molar-refractivity contribution < 1.29 is 18.3 Å². The van der Waals surface area contributed by atoms with E-state index >= 15 is 0 Å². The van der Waals surface area contributed by atoms with Gasteiger partial charge in [-0.25, -0.2) is 0 Å². The van der Waals surface area contributed by atoms with Crippen LogP contribution in [0.1, 0.15) is 33.1 Å². The van der Waals surface area contributed by atoms with E-state index in [1.54, 1.807) is 6.92 Å². The highest BCUT2D eigenvalue weighted by Gasteiger charge is 2.52. The molecular formula is C9H13F3O. The molecule has 0 aromatic heterocycles. The lowest BCUT2D eigenvalue weighted by molar-refractivity contribution is -0.260. The molecule has 0 spiro atoms. The molecule has 0 heterocycles. The smallest absolute Gasteiger partial charge is 0.380 e. The number of aliphatic hydroxyl groups is 1. The van der Waals surface area contributed by atoms with Crippen molar-refractivity contribution in [2.75, 3.05) is 0 Å². The summed E-state index contributed by atoms with van der Waals surface area (Å²) in [7, 11) is 0. The summed E-state index contributed by atoms with van der Waals surface area (Å²) in [6.07, 6.45) is -5.15. The van der Waals surface area contributed by atoms with Gasteiger partial charge in [-0.1, -0.05) is 13.3 Å². The van der Waals surface area contributed by atoms with Gasteiger partial charge in [-0.2, -0.15) is 13.2 Å². The van der Waals surface area contributed by atoms with Crippen molar-refractivity contribution in [2.45, 2.75) is 44.9 Å². The molecule has 0 saturated heterocycles. The highest BCUT2D eigenvalue weighted by atomic mass is 19.4. The van der Waals surface area contributed by atoms with Crippen LogP contribution in [0, 0.1) is 11.8 Å². The Bertz CT molecular complexity index is 211. The molecular weight excluding hydrogens is 181 g/mol. The summed E-state index contributed by atoms with van der Waals surface area (Å²) in [6.45, 7) is 3.04. The second kappa shape index (κ2) is 4.52. The van der Waals surface area contributed by atoms with E-state index in [2.05, 4.69) is 11.8 Å². The Morgan fingerprint density at radius 1 is 1.31 bits per heavy atom. The van der Waals surface area contributed by atoms with Crippen LogP contribution >= 0.6 is 0 Å². The molecule has 0 fully saturated rings. The molecule has 1 atom stereocenters. The summed E-state index contributed by atoms with van der Waals surface area (Å²) in [5.41, 5.74) is -2.63. The van der Waals surface area contributed by atoms with Gasteiger partial charge in [0.2, 0.25) is 0 Å². The average Bonchev–Trinajstić information content (AvgIpc) is 1.99. The first-order chi connectivity index (χ1) is 5.87. The van der Waals surface area contributed by atoms with Crippen LogP contribution in [0.5, 0.6) is 0 Å². The minimum absolute atomic E-state index is 0.279. The largest absolute Gasteiger partial charge is 0.418 e. The van der Waals surface area contributed by atoms with Crippen LogP contribution in [-0.4, -0.2) is 16.9 Å². The van der Waals surface area contributed by atoms with Gasteiger partial charge >= 0.3 is 6.18 Å². The molecule has 0 radical (unpaired) electrons. The van der Waals surface area contributed by atoms with Crippen LogP contribution in [0.2, 0.25) is 0 Å². The Morgan fingerprint density at radius 2 is 1.85 bits per heavy atom. The third-order valence-corrected chi connectivity index (χ3v) is 1.75. The van der Waals surface area contributed by atoms with Crippen molar-refractivity contribution >= 4 is 0 Å². The first kappa shape index (κ1) is 12.3. The van der Waals surface area contributed by atoms with Gasteiger partial charge in [0.15, 0.2) is 5.60 Å². The zero-order chi connectivity index (χ0) is 10.5. The fraction of sp³-hybridized carbons (Fsp3) is 0.778. The lowest BCUT2D eigenvalue weighted by atomic mass is 9.94. The first-order valence-electron chi connectivity index (χ1n) is 4.06. The van der Waals surface area contributed by atoms with E-state index in [0.717, 1.165) is 0 Å². The molecule has 1 N–H and O–H groups in total. The van der Waals surface area contributed by atoms with E-state index < -0.39 is 18.2 Å². The van der Waals surface area contributed by atoms with E-state index in [4.69, 9.17) is 0 Å². The fourth-order valence-corrected chi connectivity index (χ4v) is 0.979. The predicted molar refractivity (Wildman–Crippen MR) is 44.0 cm³/mol. The summed E-state index contributed by atoms with van der Waals surface area (Å²) >= 11 is 0. The van der Waals surface area contributed by atoms with Crippen LogP contribution in [0.15, 0.2) is 0 Å². The summed E-state index contributed by atoms with van der Waals surface area (Å²) in [4.78, 5) is 0. The molecule has 0 saturated carbocycles. The third kappa shape index (κ3) is 3.27. The lowest BCUT2D eigenvalue weighted by Gasteiger charge is -2.28. The Balaban J connectivity index is 4.58. The van der Waals surface area contributed by atoms with Gasteiger partial charge in [0.1, 0.15) is 0 Å². The molecule has 13 heavy (non-hydrogen) atoms. The van der Waals surface area contributed by atoms with Crippen molar-refractivity contribution in [2.24, 2.45) is 0 Å². The van der Waals surface area contributed by atoms with Gasteiger partial charge in [0.05, 0.1) is 0 Å². The standard InChI is InChI=1S/C9H13F3O/c1-3-5-7-8(13,6-4-2)9(10,11)12/h13H,4,6-7H2,1-2H3. The van der Waals surface area contributed by atoms with Gasteiger partial charge in [0, 0.05) is 6.42 Å². The molecule has 0 rings (SSSR count). The molecule has 0 aromatic rings. The minimum atomic E-state index is -4.59. The van der Waals surface area contributed by atoms with E-state index in [1.807, 2.05) is 0 Å². The van der Waals surface area contributed by atoms with Gasteiger partial charge in [-0.05, 0) is 13.3 Å². The van der Waals surface area contributed by atoms with Gasteiger partial charge in [-0.15, -0.1) is 11.8 Å². The molecule has 4 heteroatoms. The van der Waals surface area contributed by atoms with E-state index in [-0.39, 0.29) is 12.8 Å². The Hall–Kier alpha value is -0.690. The van der Waals surface area contributed by atoms with E-state index in [0.29, 0.717) is 0 Å². The van der Waals surface area contributed by atoms with E-state index in [9.17, 15) is 18.3 Å². The van der Waals surface area contributed by atoms with Crippen molar-refractivity contribution in [3.63, 3.8) is 0 Å². The van der Waals surface area contributed by atoms with Gasteiger partial charge in [0.25, 0.3) is 0 Å². The quantitative estimate of drug-likeness (QED) is 0.684. The Morgan fingerprint density at radius 3 is 2.15 bits per heavy atom. The van der Waals surface area contributed by atoms with Crippen molar-refractivity contribution in [1.82, 2.24) is 0 Å². The number of halogens is 3. The molecule has 0 amide bonds. The van der Waals surface area contributed by atoms with Crippen molar-refractivity contribution in [3.05, 3.63) is 0 Å². The first-order valence-corrected chi connectivity index (χ1v) is 4.06. The summed E-state index contributed by atoms with van der Waals surface area (Å²) < 4.78 is 36.9. The monoisotopic (exact) mass is 194 g/mol. The van der Waals surface area contributed by atoms with Crippen molar-refractivity contribution in [1.29, 1.82) is 0 Å². The molecule has 0 aromatic carbocycles. The highest BCUT2D eigenvalue weighted by molar-refractivity contribution is 5.03. The number of rotatable bonds is 3.